The minimum atomic E-state index is -0.472. The van der Waals surface area contributed by atoms with Crippen LogP contribution in [0.5, 0.6) is 0 Å². The Morgan fingerprint density at radius 2 is 2.30 bits per heavy atom. The zero-order chi connectivity index (χ0) is 13.7. The first kappa shape index (κ1) is 16.4. The van der Waals surface area contributed by atoms with Crippen molar-refractivity contribution in [1.82, 2.24) is 5.32 Å². The summed E-state index contributed by atoms with van der Waals surface area (Å²) in [5, 5.41) is 16.6. The quantitative estimate of drug-likeness (QED) is 0.645. The lowest BCUT2D eigenvalue weighted by Gasteiger charge is -2.08. The third-order valence-corrected chi connectivity index (χ3v) is 3.28. The van der Waals surface area contributed by atoms with Gasteiger partial charge in [-0.3, -0.25) is 14.9 Å². The van der Waals surface area contributed by atoms with Crippen molar-refractivity contribution in [3.05, 3.63) is 34.4 Å². The van der Waals surface area contributed by atoms with Crippen molar-refractivity contribution in [2.24, 2.45) is 5.92 Å². The Morgan fingerprint density at radius 3 is 2.95 bits per heavy atom. The largest absolute Gasteiger partial charge is 0.326 e. The molecule has 7 heteroatoms. The predicted octanol–water partition coefficient (Wildman–Crippen LogP) is 2.34. The normalized spacial score (nSPS) is 17.3. The number of nitrogens with one attached hydrogen (secondary N) is 2. The van der Waals surface area contributed by atoms with Crippen LogP contribution in [0.3, 0.4) is 0 Å². The molecule has 1 fully saturated rings. The second-order valence-electron chi connectivity index (χ2n) is 4.75. The van der Waals surface area contributed by atoms with E-state index in [1.165, 1.54) is 12.1 Å². The third-order valence-electron chi connectivity index (χ3n) is 3.28. The molecule has 0 spiro atoms. The number of nitro groups is 1. The summed E-state index contributed by atoms with van der Waals surface area (Å²) in [5.74, 6) is 0.475. The Bertz CT molecular complexity index is 476. The first-order valence-corrected chi connectivity index (χ1v) is 6.40. The van der Waals surface area contributed by atoms with E-state index < -0.39 is 4.92 Å². The number of non-ortho nitro benzene ring substituents is 1. The Hall–Kier alpha value is -1.66. The van der Waals surface area contributed by atoms with Crippen LogP contribution < -0.4 is 10.6 Å². The molecule has 2 rings (SSSR count). The van der Waals surface area contributed by atoms with Crippen LogP contribution >= 0.6 is 12.4 Å². The molecule has 1 aliphatic heterocycles. The summed E-state index contributed by atoms with van der Waals surface area (Å²) >= 11 is 0. The molecular formula is C13H18ClN3O3. The van der Waals surface area contributed by atoms with Gasteiger partial charge in [-0.1, -0.05) is 6.07 Å². The van der Waals surface area contributed by atoms with Crippen molar-refractivity contribution in [2.75, 3.05) is 18.4 Å². The summed E-state index contributed by atoms with van der Waals surface area (Å²) in [4.78, 5) is 21.9. The SMILES string of the molecule is Cl.O=C(CCC1CCNC1)Nc1cccc([N+](=O)[O-])c1. The van der Waals surface area contributed by atoms with Gasteiger partial charge < -0.3 is 10.6 Å². The van der Waals surface area contributed by atoms with Crippen LogP contribution in [0.4, 0.5) is 11.4 Å². The molecule has 0 aromatic heterocycles. The Labute approximate surface area is 123 Å². The topological polar surface area (TPSA) is 84.3 Å². The fourth-order valence-electron chi connectivity index (χ4n) is 2.22. The molecular weight excluding hydrogens is 282 g/mol. The highest BCUT2D eigenvalue weighted by atomic mass is 35.5. The fraction of sp³-hybridized carbons (Fsp3) is 0.462. The molecule has 1 atom stereocenters. The van der Waals surface area contributed by atoms with Gasteiger partial charge in [0.2, 0.25) is 5.91 Å². The second kappa shape index (κ2) is 7.81. The van der Waals surface area contributed by atoms with Gasteiger partial charge in [0.1, 0.15) is 0 Å². The van der Waals surface area contributed by atoms with Gasteiger partial charge >= 0.3 is 0 Å². The summed E-state index contributed by atoms with van der Waals surface area (Å²) in [6.07, 6.45) is 2.42. The number of carbonyl (C=O) groups is 1. The van der Waals surface area contributed by atoms with E-state index in [9.17, 15) is 14.9 Å². The van der Waals surface area contributed by atoms with Crippen LogP contribution in [0.1, 0.15) is 19.3 Å². The molecule has 1 aromatic carbocycles. The first-order chi connectivity index (χ1) is 9.15. The van der Waals surface area contributed by atoms with E-state index >= 15 is 0 Å². The first-order valence-electron chi connectivity index (χ1n) is 6.40. The molecule has 110 valence electrons. The van der Waals surface area contributed by atoms with Gasteiger partial charge in [0, 0.05) is 24.2 Å². The van der Waals surface area contributed by atoms with Crippen molar-refractivity contribution in [2.45, 2.75) is 19.3 Å². The summed E-state index contributed by atoms with van der Waals surface area (Å²) < 4.78 is 0. The molecule has 1 unspecified atom stereocenters. The number of amides is 1. The fourth-order valence-corrected chi connectivity index (χ4v) is 2.22. The van der Waals surface area contributed by atoms with Crippen molar-refractivity contribution < 1.29 is 9.72 Å². The number of carbonyl (C=O) groups excluding carboxylic acids is 1. The van der Waals surface area contributed by atoms with E-state index in [2.05, 4.69) is 10.6 Å². The molecule has 1 aromatic rings. The number of nitro benzene ring substituents is 1. The monoisotopic (exact) mass is 299 g/mol. The number of rotatable bonds is 5. The zero-order valence-corrected chi connectivity index (χ0v) is 11.8. The van der Waals surface area contributed by atoms with E-state index in [1.54, 1.807) is 12.1 Å². The summed E-state index contributed by atoms with van der Waals surface area (Å²) in [6, 6.07) is 5.99. The van der Waals surface area contributed by atoms with Crippen LogP contribution in [0.2, 0.25) is 0 Å². The molecule has 1 saturated heterocycles. The highest BCUT2D eigenvalue weighted by molar-refractivity contribution is 5.90. The van der Waals surface area contributed by atoms with E-state index in [0.717, 1.165) is 25.9 Å². The average Bonchev–Trinajstić information content (AvgIpc) is 2.90. The maximum absolute atomic E-state index is 11.7. The average molecular weight is 300 g/mol. The Balaban J connectivity index is 0.00000200. The molecule has 0 bridgehead atoms. The van der Waals surface area contributed by atoms with E-state index in [4.69, 9.17) is 0 Å². The van der Waals surface area contributed by atoms with Crippen LogP contribution in [-0.4, -0.2) is 23.9 Å². The minimum Gasteiger partial charge on any atom is -0.326 e. The third kappa shape index (κ3) is 4.79. The van der Waals surface area contributed by atoms with E-state index in [-0.39, 0.29) is 24.0 Å². The van der Waals surface area contributed by atoms with Crippen LogP contribution in [-0.2, 0) is 4.79 Å². The second-order valence-corrected chi connectivity index (χ2v) is 4.75. The summed E-state index contributed by atoms with van der Waals surface area (Å²) in [6.45, 7) is 2.00. The van der Waals surface area contributed by atoms with Crippen molar-refractivity contribution in [3.8, 4) is 0 Å². The van der Waals surface area contributed by atoms with Crippen LogP contribution in [0, 0.1) is 16.0 Å². The van der Waals surface area contributed by atoms with Gasteiger partial charge in [-0.05, 0) is 37.9 Å². The van der Waals surface area contributed by atoms with Crippen LogP contribution in [0.15, 0.2) is 24.3 Å². The Kier molecular flexibility index (Phi) is 6.41. The zero-order valence-electron chi connectivity index (χ0n) is 11.0. The number of hydrogen-bond acceptors (Lipinski definition) is 4. The van der Waals surface area contributed by atoms with Gasteiger partial charge in [-0.25, -0.2) is 0 Å². The molecule has 0 saturated carbocycles. The Morgan fingerprint density at radius 1 is 1.50 bits per heavy atom. The summed E-state index contributed by atoms with van der Waals surface area (Å²) in [5.41, 5.74) is 0.460. The van der Waals surface area contributed by atoms with E-state index in [1.807, 2.05) is 0 Å². The van der Waals surface area contributed by atoms with Gasteiger partial charge in [-0.2, -0.15) is 0 Å². The standard InChI is InChI=1S/C13H17N3O3.ClH/c17-13(5-4-10-6-7-14-9-10)15-11-2-1-3-12(8-11)16(18)19;/h1-3,8,10,14H,4-7,9H2,(H,15,17);1H. The van der Waals surface area contributed by atoms with Crippen molar-refractivity contribution >= 4 is 29.7 Å². The number of anilines is 1. The number of nitrogens with zero attached hydrogens (tertiary/aromatic N) is 1. The molecule has 6 nitrogen and oxygen atoms in total. The molecule has 0 aliphatic carbocycles. The smallest absolute Gasteiger partial charge is 0.271 e. The molecule has 2 N–H and O–H groups in total. The maximum atomic E-state index is 11.7. The van der Waals surface area contributed by atoms with E-state index in [0.29, 0.717) is 18.0 Å². The lowest BCUT2D eigenvalue weighted by Crippen LogP contribution is -2.15. The molecule has 0 radical (unpaired) electrons. The predicted molar refractivity (Wildman–Crippen MR) is 79.2 cm³/mol. The van der Waals surface area contributed by atoms with Gasteiger partial charge in [0.05, 0.1) is 4.92 Å². The lowest BCUT2D eigenvalue weighted by molar-refractivity contribution is -0.384. The number of halogens is 1. The van der Waals surface area contributed by atoms with Gasteiger partial charge in [0.25, 0.3) is 5.69 Å². The number of hydrogen-bond donors (Lipinski definition) is 2. The highest BCUT2D eigenvalue weighted by Gasteiger charge is 2.16. The molecule has 20 heavy (non-hydrogen) atoms. The van der Waals surface area contributed by atoms with Gasteiger partial charge in [-0.15, -0.1) is 12.4 Å². The summed E-state index contributed by atoms with van der Waals surface area (Å²) in [7, 11) is 0. The lowest BCUT2D eigenvalue weighted by atomic mass is 10.0. The van der Waals surface area contributed by atoms with Crippen LogP contribution in [0.25, 0.3) is 0 Å². The van der Waals surface area contributed by atoms with Crippen molar-refractivity contribution in [3.63, 3.8) is 0 Å². The highest BCUT2D eigenvalue weighted by Crippen LogP contribution is 2.18. The number of benzene rings is 1. The molecule has 1 aliphatic rings. The molecule has 1 amide bonds. The maximum Gasteiger partial charge on any atom is 0.271 e. The molecule has 1 heterocycles. The van der Waals surface area contributed by atoms with Crippen molar-refractivity contribution in [1.29, 1.82) is 0 Å². The minimum absolute atomic E-state index is 0. The van der Waals surface area contributed by atoms with Gasteiger partial charge in [0.15, 0.2) is 0 Å².